The van der Waals surface area contributed by atoms with Crippen LogP contribution in [-0.2, 0) is 6.54 Å². The molecular weight excluding hydrogens is 350 g/mol. The Kier molecular flexibility index (Phi) is 5.58. The fourth-order valence-electron chi connectivity index (χ4n) is 3.31. The Labute approximate surface area is 164 Å². The van der Waals surface area contributed by atoms with Gasteiger partial charge in [-0.3, -0.25) is 9.69 Å². The molecule has 2 heterocycles. The zero-order valence-corrected chi connectivity index (χ0v) is 15.7. The van der Waals surface area contributed by atoms with E-state index in [2.05, 4.69) is 49.6 Å². The number of hydrogen-bond donors (Lipinski definition) is 1. The number of nitrogens with zero attached hydrogens (tertiary/aromatic N) is 4. The second-order valence-electron chi connectivity index (χ2n) is 6.85. The molecule has 4 rings (SSSR count). The van der Waals surface area contributed by atoms with Gasteiger partial charge in [-0.25, -0.2) is 0 Å². The van der Waals surface area contributed by atoms with Crippen LogP contribution >= 0.6 is 0 Å². The van der Waals surface area contributed by atoms with E-state index in [-0.39, 0.29) is 5.91 Å². The van der Waals surface area contributed by atoms with Gasteiger partial charge in [-0.15, -0.1) is 10.2 Å². The lowest BCUT2D eigenvalue weighted by Gasteiger charge is -2.35. The van der Waals surface area contributed by atoms with Crippen LogP contribution in [0.4, 0.5) is 11.5 Å². The molecule has 0 unspecified atom stereocenters. The van der Waals surface area contributed by atoms with E-state index < -0.39 is 0 Å². The predicted molar refractivity (Wildman–Crippen MR) is 110 cm³/mol. The summed E-state index contributed by atoms with van der Waals surface area (Å²) in [6.45, 7) is 4.73. The van der Waals surface area contributed by atoms with E-state index in [0.29, 0.717) is 5.69 Å². The van der Waals surface area contributed by atoms with Crippen LogP contribution in [-0.4, -0.2) is 47.2 Å². The van der Waals surface area contributed by atoms with E-state index in [1.807, 2.05) is 42.5 Å². The van der Waals surface area contributed by atoms with Gasteiger partial charge in [-0.1, -0.05) is 48.5 Å². The number of carbonyl (C=O) groups is 1. The SMILES string of the molecule is O=C(Nc1ccccc1)c1ccc(N2CCN(Cc3ccccc3)CC2)nn1. The number of carbonyl (C=O) groups excluding carboxylic acids is 1. The van der Waals surface area contributed by atoms with E-state index >= 15 is 0 Å². The van der Waals surface area contributed by atoms with Gasteiger partial charge in [0.25, 0.3) is 5.91 Å². The number of para-hydroxylation sites is 1. The van der Waals surface area contributed by atoms with Crippen molar-refractivity contribution in [2.75, 3.05) is 36.4 Å². The lowest BCUT2D eigenvalue weighted by atomic mass is 10.2. The number of hydrogen-bond acceptors (Lipinski definition) is 5. The number of benzene rings is 2. The van der Waals surface area contributed by atoms with Crippen molar-refractivity contribution < 1.29 is 4.79 Å². The molecule has 0 aliphatic carbocycles. The summed E-state index contributed by atoms with van der Waals surface area (Å²) in [7, 11) is 0. The second-order valence-corrected chi connectivity index (χ2v) is 6.85. The number of piperazine rings is 1. The van der Waals surface area contributed by atoms with Crippen LogP contribution in [0.2, 0.25) is 0 Å². The van der Waals surface area contributed by atoms with E-state index in [9.17, 15) is 4.79 Å². The van der Waals surface area contributed by atoms with Gasteiger partial charge < -0.3 is 10.2 Å². The number of amides is 1. The third kappa shape index (κ3) is 4.53. The Morgan fingerprint density at radius 3 is 2.14 bits per heavy atom. The summed E-state index contributed by atoms with van der Waals surface area (Å²) in [5.74, 6) is 0.563. The highest BCUT2D eigenvalue weighted by Gasteiger charge is 2.19. The van der Waals surface area contributed by atoms with Crippen LogP contribution in [0.15, 0.2) is 72.8 Å². The van der Waals surface area contributed by atoms with Crippen LogP contribution in [0.3, 0.4) is 0 Å². The van der Waals surface area contributed by atoms with Crippen molar-refractivity contribution in [3.05, 3.63) is 84.1 Å². The molecule has 0 radical (unpaired) electrons. The quantitative estimate of drug-likeness (QED) is 0.745. The average molecular weight is 373 g/mol. The highest BCUT2D eigenvalue weighted by Crippen LogP contribution is 2.15. The highest BCUT2D eigenvalue weighted by molar-refractivity contribution is 6.02. The van der Waals surface area contributed by atoms with Crippen molar-refractivity contribution in [3.8, 4) is 0 Å². The van der Waals surface area contributed by atoms with Crippen molar-refractivity contribution in [1.82, 2.24) is 15.1 Å². The summed E-state index contributed by atoms with van der Waals surface area (Å²) >= 11 is 0. The first-order valence-corrected chi connectivity index (χ1v) is 9.49. The lowest BCUT2D eigenvalue weighted by molar-refractivity contribution is 0.102. The maximum atomic E-state index is 12.3. The molecule has 142 valence electrons. The number of anilines is 2. The van der Waals surface area contributed by atoms with Crippen molar-refractivity contribution >= 4 is 17.4 Å². The van der Waals surface area contributed by atoms with Crippen LogP contribution in [0, 0.1) is 0 Å². The third-order valence-corrected chi connectivity index (χ3v) is 4.86. The molecule has 1 fully saturated rings. The summed E-state index contributed by atoms with van der Waals surface area (Å²) < 4.78 is 0. The van der Waals surface area contributed by atoms with Gasteiger partial charge in [-0.2, -0.15) is 0 Å². The molecule has 3 aromatic rings. The molecule has 1 amide bonds. The second kappa shape index (κ2) is 8.63. The van der Waals surface area contributed by atoms with E-state index in [1.54, 1.807) is 6.07 Å². The summed E-state index contributed by atoms with van der Waals surface area (Å²) in [5.41, 5.74) is 2.40. The summed E-state index contributed by atoms with van der Waals surface area (Å²) in [5, 5.41) is 11.2. The zero-order chi connectivity index (χ0) is 19.2. The van der Waals surface area contributed by atoms with Crippen LogP contribution in [0.5, 0.6) is 0 Å². The smallest absolute Gasteiger partial charge is 0.276 e. The van der Waals surface area contributed by atoms with E-state index in [1.165, 1.54) is 5.56 Å². The van der Waals surface area contributed by atoms with Crippen molar-refractivity contribution in [3.63, 3.8) is 0 Å². The Bertz CT molecular complexity index is 891. The molecule has 1 aromatic heterocycles. The van der Waals surface area contributed by atoms with Gasteiger partial charge in [0, 0.05) is 38.4 Å². The molecule has 1 N–H and O–H groups in total. The minimum absolute atomic E-state index is 0.252. The summed E-state index contributed by atoms with van der Waals surface area (Å²) in [4.78, 5) is 16.9. The van der Waals surface area contributed by atoms with Crippen molar-refractivity contribution in [2.45, 2.75) is 6.54 Å². The van der Waals surface area contributed by atoms with Gasteiger partial charge >= 0.3 is 0 Å². The first-order chi connectivity index (χ1) is 13.8. The minimum atomic E-state index is -0.252. The average Bonchev–Trinajstić information content (AvgIpc) is 2.76. The zero-order valence-electron chi connectivity index (χ0n) is 15.7. The van der Waals surface area contributed by atoms with Gasteiger partial charge in [-0.05, 0) is 29.8 Å². The fourth-order valence-corrected chi connectivity index (χ4v) is 3.31. The van der Waals surface area contributed by atoms with Crippen molar-refractivity contribution in [2.24, 2.45) is 0 Å². The molecule has 6 heteroatoms. The van der Waals surface area contributed by atoms with Crippen molar-refractivity contribution in [1.29, 1.82) is 0 Å². The third-order valence-electron chi connectivity index (χ3n) is 4.86. The van der Waals surface area contributed by atoms with Gasteiger partial charge in [0.05, 0.1) is 0 Å². The fraction of sp³-hybridized carbons (Fsp3) is 0.227. The van der Waals surface area contributed by atoms with E-state index in [0.717, 1.165) is 44.2 Å². The van der Waals surface area contributed by atoms with Crippen LogP contribution < -0.4 is 10.2 Å². The molecule has 1 saturated heterocycles. The lowest BCUT2D eigenvalue weighted by Crippen LogP contribution is -2.46. The number of aromatic nitrogens is 2. The maximum Gasteiger partial charge on any atom is 0.276 e. The Morgan fingerprint density at radius 1 is 0.821 bits per heavy atom. The normalized spacial score (nSPS) is 14.6. The van der Waals surface area contributed by atoms with Crippen LogP contribution in [0.25, 0.3) is 0 Å². The van der Waals surface area contributed by atoms with Gasteiger partial charge in [0.15, 0.2) is 11.5 Å². The first-order valence-electron chi connectivity index (χ1n) is 9.49. The van der Waals surface area contributed by atoms with Crippen LogP contribution in [0.1, 0.15) is 16.1 Å². The monoisotopic (exact) mass is 373 g/mol. The first kappa shape index (κ1) is 18.1. The molecule has 0 saturated carbocycles. The highest BCUT2D eigenvalue weighted by atomic mass is 16.1. The minimum Gasteiger partial charge on any atom is -0.353 e. The molecule has 2 aromatic carbocycles. The molecule has 0 atom stereocenters. The Morgan fingerprint density at radius 2 is 1.50 bits per heavy atom. The topological polar surface area (TPSA) is 61.4 Å². The Balaban J connectivity index is 1.31. The van der Waals surface area contributed by atoms with Gasteiger partial charge in [0.2, 0.25) is 0 Å². The van der Waals surface area contributed by atoms with Gasteiger partial charge in [0.1, 0.15) is 0 Å². The number of rotatable bonds is 5. The predicted octanol–water partition coefficient (Wildman–Crippen LogP) is 3.05. The largest absolute Gasteiger partial charge is 0.353 e. The molecule has 28 heavy (non-hydrogen) atoms. The summed E-state index contributed by atoms with van der Waals surface area (Å²) in [6.07, 6.45) is 0. The molecule has 0 spiro atoms. The Hall–Kier alpha value is -3.25. The standard InChI is InChI=1S/C22H23N5O/c28-22(23-19-9-5-2-6-10-19)20-11-12-21(25-24-20)27-15-13-26(14-16-27)17-18-7-3-1-4-8-18/h1-12H,13-17H2,(H,23,28). The molecule has 1 aliphatic rings. The van der Waals surface area contributed by atoms with E-state index in [4.69, 9.17) is 0 Å². The summed E-state index contributed by atoms with van der Waals surface area (Å²) in [6, 6.07) is 23.5. The molecule has 1 aliphatic heterocycles. The molecule has 0 bridgehead atoms. The maximum absolute atomic E-state index is 12.3. The molecular formula is C22H23N5O. The number of nitrogens with one attached hydrogen (secondary N) is 1. The molecule has 6 nitrogen and oxygen atoms in total.